The number of rotatable bonds is 5. The quantitative estimate of drug-likeness (QED) is 0.823. The van der Waals surface area contributed by atoms with E-state index in [9.17, 15) is 4.79 Å². The highest BCUT2D eigenvalue weighted by molar-refractivity contribution is 7.10. The first-order valence-corrected chi connectivity index (χ1v) is 9.82. The maximum Gasteiger partial charge on any atom is 0.230 e. The van der Waals surface area contributed by atoms with Gasteiger partial charge in [0.1, 0.15) is 0 Å². The fourth-order valence-corrected chi connectivity index (χ4v) is 4.78. The third-order valence-corrected chi connectivity index (χ3v) is 6.35. The number of hydrogen-bond acceptors (Lipinski definition) is 4. The van der Waals surface area contributed by atoms with Crippen LogP contribution in [0.15, 0.2) is 29.9 Å². The Labute approximate surface area is 154 Å². The number of carbonyl (C=O) groups excluding carboxylic acids is 1. The minimum absolute atomic E-state index is 0.0665. The molecule has 0 N–H and O–H groups in total. The molecule has 0 aliphatic carbocycles. The van der Waals surface area contributed by atoms with Gasteiger partial charge in [0.2, 0.25) is 5.91 Å². The number of piperidine rings is 1. The zero-order valence-electron chi connectivity index (χ0n) is 15.6. The number of aromatic nitrogens is 2. The zero-order valence-corrected chi connectivity index (χ0v) is 16.4. The van der Waals surface area contributed by atoms with Crippen molar-refractivity contribution in [1.29, 1.82) is 0 Å². The Morgan fingerprint density at radius 3 is 2.92 bits per heavy atom. The van der Waals surface area contributed by atoms with E-state index in [1.807, 2.05) is 54.3 Å². The average molecular weight is 361 g/mol. The van der Waals surface area contributed by atoms with Crippen LogP contribution in [-0.4, -0.2) is 52.7 Å². The van der Waals surface area contributed by atoms with Gasteiger partial charge in [-0.25, -0.2) is 0 Å². The van der Waals surface area contributed by atoms with Crippen molar-refractivity contribution in [3.63, 3.8) is 0 Å². The lowest BCUT2D eigenvalue weighted by Crippen LogP contribution is -2.43. The summed E-state index contributed by atoms with van der Waals surface area (Å²) in [6.07, 6.45) is 6.40. The maximum absolute atomic E-state index is 12.8. The predicted molar refractivity (Wildman–Crippen MR) is 102 cm³/mol. The average Bonchev–Trinajstić information content (AvgIpc) is 3.25. The van der Waals surface area contributed by atoms with Crippen LogP contribution in [-0.2, 0) is 11.8 Å². The molecular weight excluding hydrogens is 332 g/mol. The zero-order chi connectivity index (χ0) is 18.0. The lowest BCUT2D eigenvalue weighted by Gasteiger charge is -2.40. The Balaban J connectivity index is 1.71. The second kappa shape index (κ2) is 7.70. The van der Waals surface area contributed by atoms with E-state index in [2.05, 4.69) is 23.2 Å². The van der Waals surface area contributed by atoms with E-state index in [1.165, 1.54) is 12.0 Å². The summed E-state index contributed by atoms with van der Waals surface area (Å²) in [5.41, 5.74) is 1.25. The molecule has 3 atom stereocenters. The first-order chi connectivity index (χ1) is 12.0. The van der Waals surface area contributed by atoms with Crippen LogP contribution >= 0.6 is 11.3 Å². The fourth-order valence-electron chi connectivity index (χ4n) is 4.00. The lowest BCUT2D eigenvalue weighted by atomic mass is 9.85. The third kappa shape index (κ3) is 3.96. The lowest BCUT2D eigenvalue weighted by molar-refractivity contribution is -0.132. The smallest absolute Gasteiger partial charge is 0.230 e. The van der Waals surface area contributed by atoms with Crippen LogP contribution in [0.1, 0.15) is 42.2 Å². The maximum atomic E-state index is 12.8. The number of carbonyl (C=O) groups is 1. The van der Waals surface area contributed by atoms with E-state index in [0.29, 0.717) is 12.0 Å². The van der Waals surface area contributed by atoms with Crippen molar-refractivity contribution in [2.24, 2.45) is 13.0 Å². The van der Waals surface area contributed by atoms with Gasteiger partial charge in [-0.15, -0.1) is 11.3 Å². The number of likely N-dealkylation sites (tertiary alicyclic amines) is 1. The van der Waals surface area contributed by atoms with Crippen molar-refractivity contribution in [3.8, 4) is 0 Å². The Morgan fingerprint density at radius 1 is 1.48 bits per heavy atom. The summed E-state index contributed by atoms with van der Waals surface area (Å²) >= 11 is 1.66. The molecule has 1 aliphatic rings. The topological polar surface area (TPSA) is 41.4 Å². The molecule has 0 bridgehead atoms. The molecule has 1 fully saturated rings. The van der Waals surface area contributed by atoms with E-state index in [-0.39, 0.29) is 11.8 Å². The first kappa shape index (κ1) is 18.1. The molecule has 2 aromatic heterocycles. The molecular formula is C19H28N4OS. The SMILES string of the molecule is CC(C(=O)N(C)C[C@@H]1CCCN(C)[C@H]1c1cnn(C)c1)c1cccs1. The van der Waals surface area contributed by atoms with Crippen molar-refractivity contribution in [3.05, 3.63) is 40.3 Å². The molecule has 136 valence electrons. The van der Waals surface area contributed by atoms with E-state index >= 15 is 0 Å². The van der Waals surface area contributed by atoms with E-state index < -0.39 is 0 Å². The monoisotopic (exact) mass is 360 g/mol. The standard InChI is InChI=1S/C19H28N4OS/c1-14(17-8-6-10-25-17)19(24)22(3)12-15-7-5-9-21(2)18(15)16-11-20-23(4)13-16/h6,8,10-11,13-15,18H,5,7,9,12H2,1-4H3/t14?,15-,18+/m0/s1. The van der Waals surface area contributed by atoms with Gasteiger partial charge in [0.15, 0.2) is 0 Å². The third-order valence-electron chi connectivity index (χ3n) is 5.30. The summed E-state index contributed by atoms with van der Waals surface area (Å²) in [5.74, 6) is 0.580. The van der Waals surface area contributed by atoms with Gasteiger partial charge in [-0.2, -0.15) is 5.10 Å². The molecule has 0 radical (unpaired) electrons. The van der Waals surface area contributed by atoms with E-state index in [1.54, 1.807) is 11.3 Å². The van der Waals surface area contributed by atoms with Crippen molar-refractivity contribution in [2.75, 3.05) is 27.2 Å². The summed E-state index contributed by atoms with van der Waals surface area (Å²) in [4.78, 5) is 18.3. The summed E-state index contributed by atoms with van der Waals surface area (Å²) in [6, 6.07) is 4.39. The van der Waals surface area contributed by atoms with Gasteiger partial charge in [0.05, 0.1) is 12.1 Å². The molecule has 2 aromatic rings. The van der Waals surface area contributed by atoms with Crippen LogP contribution in [0.3, 0.4) is 0 Å². The molecule has 6 heteroatoms. The number of thiophene rings is 1. The Kier molecular flexibility index (Phi) is 5.59. The molecule has 0 spiro atoms. The molecule has 5 nitrogen and oxygen atoms in total. The second-order valence-corrected chi connectivity index (χ2v) is 8.21. The minimum atomic E-state index is -0.0665. The number of likely N-dealkylation sites (N-methyl/N-ethyl adjacent to an activating group) is 1. The van der Waals surface area contributed by atoms with Crippen LogP contribution in [0.4, 0.5) is 0 Å². The number of hydrogen-bond donors (Lipinski definition) is 0. The Morgan fingerprint density at radius 2 is 2.28 bits per heavy atom. The van der Waals surface area contributed by atoms with Gasteiger partial charge in [0, 0.05) is 43.3 Å². The van der Waals surface area contributed by atoms with Gasteiger partial charge < -0.3 is 4.90 Å². The highest BCUT2D eigenvalue weighted by Gasteiger charge is 2.33. The van der Waals surface area contributed by atoms with Crippen LogP contribution in [0.5, 0.6) is 0 Å². The summed E-state index contributed by atoms with van der Waals surface area (Å²) in [5, 5.41) is 6.38. The van der Waals surface area contributed by atoms with Crippen LogP contribution < -0.4 is 0 Å². The van der Waals surface area contributed by atoms with Gasteiger partial charge in [-0.05, 0) is 50.7 Å². The molecule has 3 heterocycles. The normalized spacial score (nSPS) is 22.7. The van der Waals surface area contributed by atoms with Gasteiger partial charge >= 0.3 is 0 Å². The van der Waals surface area contributed by atoms with Crippen molar-refractivity contribution in [1.82, 2.24) is 19.6 Å². The second-order valence-electron chi connectivity index (χ2n) is 7.23. The van der Waals surface area contributed by atoms with E-state index in [0.717, 1.165) is 24.4 Å². The molecule has 1 aliphatic heterocycles. The predicted octanol–water partition coefficient (Wildman–Crippen LogP) is 3.13. The number of amides is 1. The summed E-state index contributed by atoms with van der Waals surface area (Å²) < 4.78 is 1.86. The summed E-state index contributed by atoms with van der Waals surface area (Å²) in [6.45, 7) is 3.90. The number of nitrogens with zero attached hydrogens (tertiary/aromatic N) is 4. The Bertz CT molecular complexity index is 696. The fraction of sp³-hybridized carbons (Fsp3) is 0.579. The van der Waals surface area contributed by atoms with Crippen LogP contribution in [0, 0.1) is 5.92 Å². The first-order valence-electron chi connectivity index (χ1n) is 8.94. The molecule has 0 saturated carbocycles. The number of aryl methyl sites for hydroxylation is 1. The Hall–Kier alpha value is -1.66. The molecule has 25 heavy (non-hydrogen) atoms. The van der Waals surface area contributed by atoms with Gasteiger partial charge in [-0.3, -0.25) is 14.4 Å². The molecule has 1 unspecified atom stereocenters. The summed E-state index contributed by atoms with van der Waals surface area (Å²) in [7, 11) is 6.08. The van der Waals surface area contributed by atoms with Crippen molar-refractivity contribution in [2.45, 2.75) is 31.7 Å². The largest absolute Gasteiger partial charge is 0.345 e. The highest BCUT2D eigenvalue weighted by Crippen LogP contribution is 2.35. The minimum Gasteiger partial charge on any atom is -0.345 e. The molecule has 3 rings (SSSR count). The highest BCUT2D eigenvalue weighted by atomic mass is 32.1. The molecule has 1 saturated heterocycles. The molecule has 1 amide bonds. The van der Waals surface area contributed by atoms with Gasteiger partial charge in [0.25, 0.3) is 0 Å². The van der Waals surface area contributed by atoms with Crippen LogP contribution in [0.25, 0.3) is 0 Å². The van der Waals surface area contributed by atoms with Crippen molar-refractivity contribution < 1.29 is 4.79 Å². The van der Waals surface area contributed by atoms with Crippen molar-refractivity contribution >= 4 is 17.2 Å². The van der Waals surface area contributed by atoms with Gasteiger partial charge in [-0.1, -0.05) is 6.07 Å². The van der Waals surface area contributed by atoms with E-state index in [4.69, 9.17) is 0 Å². The van der Waals surface area contributed by atoms with Crippen LogP contribution in [0.2, 0.25) is 0 Å². The molecule has 0 aromatic carbocycles.